The lowest BCUT2D eigenvalue weighted by atomic mass is 10.2. The largest absolute Gasteiger partial charge is 0.335 e. The number of thioether (sulfide) groups is 1. The summed E-state index contributed by atoms with van der Waals surface area (Å²) in [4.78, 5) is 4.82. The molecule has 0 aliphatic heterocycles. The Bertz CT molecular complexity index is 1090. The zero-order valence-corrected chi connectivity index (χ0v) is 19.7. The molecule has 0 saturated heterocycles. The van der Waals surface area contributed by atoms with Crippen LogP contribution in [0.4, 0.5) is 0 Å². The molecule has 0 amide bonds. The van der Waals surface area contributed by atoms with E-state index in [4.69, 9.17) is 5.84 Å². The molecule has 8 nitrogen and oxygen atoms in total. The van der Waals surface area contributed by atoms with Gasteiger partial charge >= 0.3 is 0 Å². The van der Waals surface area contributed by atoms with Crippen molar-refractivity contribution in [1.82, 2.24) is 24.2 Å². The molecule has 11 heteroatoms. The van der Waals surface area contributed by atoms with Gasteiger partial charge in [0.2, 0.25) is 15.2 Å². The summed E-state index contributed by atoms with van der Waals surface area (Å²) < 4.78 is 28.4. The minimum Gasteiger partial charge on any atom is -0.335 e. The van der Waals surface area contributed by atoms with E-state index >= 15 is 0 Å². The highest BCUT2D eigenvalue weighted by Gasteiger charge is 2.23. The summed E-state index contributed by atoms with van der Waals surface area (Å²) in [6.45, 7) is 6.59. The maximum atomic E-state index is 12.8. The van der Waals surface area contributed by atoms with Crippen molar-refractivity contribution in [2.45, 2.75) is 49.4 Å². The minimum atomic E-state index is -3.56. The molecule has 3 aromatic rings. The third-order valence-corrected chi connectivity index (χ3v) is 8.49. The van der Waals surface area contributed by atoms with Crippen LogP contribution in [0.1, 0.15) is 37.9 Å². The lowest BCUT2D eigenvalue weighted by Crippen LogP contribution is -2.30. The van der Waals surface area contributed by atoms with Crippen LogP contribution >= 0.6 is 23.1 Å². The predicted octanol–water partition coefficient (Wildman–Crippen LogP) is 3.39. The number of hydrogen-bond donors (Lipinski definition) is 1. The number of aromatic nitrogens is 4. The number of rotatable bonds is 10. The molecule has 162 valence electrons. The Kier molecular flexibility index (Phi) is 7.50. The summed E-state index contributed by atoms with van der Waals surface area (Å²) in [5.41, 5.74) is 1.59. The van der Waals surface area contributed by atoms with Crippen LogP contribution in [0, 0.1) is 0 Å². The Labute approximate surface area is 185 Å². The van der Waals surface area contributed by atoms with E-state index in [1.807, 2.05) is 13.8 Å². The first-order chi connectivity index (χ1) is 14.4. The summed E-state index contributed by atoms with van der Waals surface area (Å²) >= 11 is 3.12. The molecule has 0 aliphatic rings. The van der Waals surface area contributed by atoms with Gasteiger partial charge in [0.05, 0.1) is 15.6 Å². The first kappa shape index (κ1) is 22.7. The molecule has 0 bridgehead atoms. The van der Waals surface area contributed by atoms with Gasteiger partial charge in [-0.2, -0.15) is 4.31 Å². The van der Waals surface area contributed by atoms with Gasteiger partial charge in [-0.25, -0.2) is 18.1 Å². The van der Waals surface area contributed by atoms with E-state index in [0.29, 0.717) is 35.4 Å². The van der Waals surface area contributed by atoms with Crippen molar-refractivity contribution in [3.8, 4) is 11.4 Å². The van der Waals surface area contributed by atoms with Crippen LogP contribution < -0.4 is 5.84 Å². The monoisotopic (exact) mass is 466 g/mol. The van der Waals surface area contributed by atoms with Crippen LogP contribution in [0.5, 0.6) is 0 Å². The molecule has 0 atom stereocenters. The number of sulfonamides is 1. The van der Waals surface area contributed by atoms with E-state index in [9.17, 15) is 8.42 Å². The Balaban J connectivity index is 1.80. The average molecular weight is 467 g/mol. The number of nitrogen functional groups attached to an aromatic ring is 1. The maximum absolute atomic E-state index is 12.8. The molecule has 0 saturated carbocycles. The molecule has 2 aromatic heterocycles. The zero-order valence-electron chi connectivity index (χ0n) is 17.3. The van der Waals surface area contributed by atoms with E-state index in [-0.39, 0.29) is 4.90 Å². The van der Waals surface area contributed by atoms with Crippen LogP contribution in [0.25, 0.3) is 11.4 Å². The van der Waals surface area contributed by atoms with Crippen molar-refractivity contribution in [3.05, 3.63) is 40.3 Å². The lowest BCUT2D eigenvalue weighted by Gasteiger charge is -2.18. The number of nitrogens with two attached hydrogens (primary N) is 1. The van der Waals surface area contributed by atoms with Gasteiger partial charge in [-0.15, -0.1) is 21.5 Å². The summed E-state index contributed by atoms with van der Waals surface area (Å²) in [5, 5.41) is 12.1. The minimum absolute atomic E-state index is 0.215. The van der Waals surface area contributed by atoms with Crippen molar-refractivity contribution < 1.29 is 8.42 Å². The number of thiazole rings is 1. The van der Waals surface area contributed by atoms with Crippen LogP contribution in [0.2, 0.25) is 0 Å². The molecular weight excluding hydrogens is 440 g/mol. The highest BCUT2D eigenvalue weighted by Crippen LogP contribution is 2.27. The van der Waals surface area contributed by atoms with Crippen molar-refractivity contribution in [3.63, 3.8) is 0 Å². The first-order valence-electron chi connectivity index (χ1n) is 9.77. The van der Waals surface area contributed by atoms with E-state index in [1.165, 1.54) is 20.7 Å². The molecule has 0 spiro atoms. The van der Waals surface area contributed by atoms with Crippen LogP contribution in [-0.2, 0) is 22.2 Å². The third kappa shape index (κ3) is 4.85. The topological polar surface area (TPSA) is 107 Å². The summed E-state index contributed by atoms with van der Waals surface area (Å²) in [7, 11) is -3.56. The van der Waals surface area contributed by atoms with Gasteiger partial charge in [-0.3, -0.25) is 0 Å². The van der Waals surface area contributed by atoms with Gasteiger partial charge in [0.25, 0.3) is 0 Å². The fourth-order valence-corrected chi connectivity index (χ4v) is 6.22. The van der Waals surface area contributed by atoms with Gasteiger partial charge < -0.3 is 5.84 Å². The van der Waals surface area contributed by atoms with Gasteiger partial charge in [0, 0.05) is 29.8 Å². The van der Waals surface area contributed by atoms with Crippen molar-refractivity contribution in [2.24, 2.45) is 0 Å². The lowest BCUT2D eigenvalue weighted by molar-refractivity contribution is 0.445. The molecular formula is C19H26N6O2S3. The molecule has 3 rings (SSSR count). The van der Waals surface area contributed by atoms with Gasteiger partial charge in [0.15, 0.2) is 5.82 Å². The summed E-state index contributed by atoms with van der Waals surface area (Å²) in [5.74, 6) is 7.28. The molecule has 2 N–H and O–H groups in total. The summed E-state index contributed by atoms with van der Waals surface area (Å²) in [6, 6.07) is 6.64. The van der Waals surface area contributed by atoms with Crippen molar-refractivity contribution in [1.29, 1.82) is 0 Å². The Morgan fingerprint density at radius 3 is 2.67 bits per heavy atom. The van der Waals surface area contributed by atoms with Crippen LogP contribution in [-0.4, -0.2) is 45.7 Å². The molecule has 0 unspecified atom stereocenters. The average Bonchev–Trinajstić information content (AvgIpc) is 3.34. The highest BCUT2D eigenvalue weighted by molar-refractivity contribution is 7.98. The normalized spacial score (nSPS) is 12.0. The second-order valence-electron chi connectivity index (χ2n) is 6.56. The molecule has 0 radical (unpaired) electrons. The number of benzene rings is 1. The quantitative estimate of drug-likeness (QED) is 0.360. The van der Waals surface area contributed by atoms with Gasteiger partial charge in [0.1, 0.15) is 0 Å². The number of hydrogen-bond acceptors (Lipinski definition) is 8. The third-order valence-electron chi connectivity index (χ3n) is 4.51. The standard InChI is InChI=1S/C19H26N6O2S3/c1-4-8-17-21-15(12-28-17)13-29-19-23-22-18(25(19)20)14-9-7-10-16(11-14)30(26,27)24(5-2)6-3/h7,9-12H,4-6,8,13,20H2,1-3H3. The van der Waals surface area contributed by atoms with E-state index < -0.39 is 10.0 Å². The second-order valence-corrected chi connectivity index (χ2v) is 10.4. The summed E-state index contributed by atoms with van der Waals surface area (Å²) in [6.07, 6.45) is 2.06. The fraction of sp³-hybridized carbons (Fsp3) is 0.421. The van der Waals surface area contributed by atoms with Crippen molar-refractivity contribution in [2.75, 3.05) is 18.9 Å². The smallest absolute Gasteiger partial charge is 0.243 e. The van der Waals surface area contributed by atoms with Gasteiger partial charge in [-0.1, -0.05) is 44.7 Å². The Hall–Kier alpha value is -1.95. The molecule has 2 heterocycles. The Morgan fingerprint density at radius 1 is 1.20 bits per heavy atom. The molecule has 30 heavy (non-hydrogen) atoms. The first-order valence-corrected chi connectivity index (χ1v) is 13.1. The number of nitrogens with zero attached hydrogens (tertiary/aromatic N) is 5. The number of aryl methyl sites for hydroxylation is 1. The molecule has 0 fully saturated rings. The van der Waals surface area contributed by atoms with E-state index in [1.54, 1.807) is 35.6 Å². The zero-order chi connectivity index (χ0) is 21.7. The Morgan fingerprint density at radius 2 is 1.97 bits per heavy atom. The van der Waals surface area contributed by atoms with Crippen LogP contribution in [0.15, 0.2) is 39.7 Å². The second kappa shape index (κ2) is 9.90. The van der Waals surface area contributed by atoms with Gasteiger partial charge in [-0.05, 0) is 25.0 Å². The molecule has 1 aromatic carbocycles. The predicted molar refractivity (Wildman–Crippen MR) is 121 cm³/mol. The fourth-order valence-electron chi connectivity index (χ4n) is 2.96. The maximum Gasteiger partial charge on any atom is 0.243 e. The van der Waals surface area contributed by atoms with E-state index in [2.05, 4.69) is 27.5 Å². The van der Waals surface area contributed by atoms with Crippen LogP contribution in [0.3, 0.4) is 0 Å². The molecule has 0 aliphatic carbocycles. The van der Waals surface area contributed by atoms with Crippen molar-refractivity contribution >= 4 is 33.1 Å². The SMILES string of the molecule is CCCc1nc(CSc2nnc(-c3cccc(S(=O)(=O)N(CC)CC)c3)n2N)cs1. The highest BCUT2D eigenvalue weighted by atomic mass is 32.2. The van der Waals surface area contributed by atoms with E-state index in [0.717, 1.165) is 23.5 Å².